The summed E-state index contributed by atoms with van der Waals surface area (Å²) in [5.74, 6) is 0.353. The van der Waals surface area contributed by atoms with Crippen molar-refractivity contribution in [2.45, 2.75) is 11.4 Å². The first-order valence-electron chi connectivity index (χ1n) is 5.77. The smallest absolute Gasteiger partial charge is 0.246 e. The van der Waals surface area contributed by atoms with Crippen LogP contribution in [0.25, 0.3) is 0 Å². The highest BCUT2D eigenvalue weighted by Crippen LogP contribution is 2.25. The lowest BCUT2D eigenvalue weighted by Gasteiger charge is -2.18. The number of sulfonamides is 1. The van der Waals surface area contributed by atoms with Crippen LogP contribution in [0.15, 0.2) is 38.5 Å². The molecule has 0 bridgehead atoms. The highest BCUT2D eigenvalue weighted by atomic mass is 79.9. The van der Waals surface area contributed by atoms with Crippen molar-refractivity contribution < 1.29 is 8.42 Å². The summed E-state index contributed by atoms with van der Waals surface area (Å²) in [6.45, 7) is 0.322. The van der Waals surface area contributed by atoms with E-state index in [0.717, 1.165) is 9.35 Å². The monoisotopic (exact) mass is 375 g/mol. The second-order valence-electron chi connectivity index (χ2n) is 4.12. The Kier molecular flexibility index (Phi) is 4.79. The van der Waals surface area contributed by atoms with E-state index >= 15 is 0 Å². The molecule has 1 N–H and O–H groups in total. The summed E-state index contributed by atoms with van der Waals surface area (Å²) >= 11 is 4.90. The first-order chi connectivity index (χ1) is 9.45. The van der Waals surface area contributed by atoms with Crippen LogP contribution in [0.5, 0.6) is 0 Å². The molecule has 0 atom stereocenters. The molecule has 20 heavy (non-hydrogen) atoms. The molecule has 0 radical (unpaired) electrons. The highest BCUT2D eigenvalue weighted by molar-refractivity contribution is 9.11. The fourth-order valence-corrected chi connectivity index (χ4v) is 4.23. The summed E-state index contributed by atoms with van der Waals surface area (Å²) in [5, 5.41) is 4.73. The van der Waals surface area contributed by atoms with Gasteiger partial charge in [0.05, 0.1) is 3.79 Å². The molecule has 0 saturated heterocycles. The molecular formula is C12H14BrN3O2S2. The molecule has 2 aromatic heterocycles. The summed E-state index contributed by atoms with van der Waals surface area (Å²) in [6, 6.07) is 5.08. The van der Waals surface area contributed by atoms with Crippen LogP contribution in [0.2, 0.25) is 0 Å². The van der Waals surface area contributed by atoms with Gasteiger partial charge in [-0.25, -0.2) is 13.4 Å². The van der Waals surface area contributed by atoms with E-state index < -0.39 is 10.0 Å². The molecule has 2 heterocycles. The first kappa shape index (κ1) is 15.4. The molecular weight excluding hydrogens is 362 g/mol. The number of halogens is 1. The standard InChI is InChI=1S/C12H14BrN3O2S2/c1-14-12-10(4-3-5-15-12)20(17,18)16(2)7-9-6-11(13)19-8-9/h3-6,8H,7H2,1-2H3,(H,14,15). The average Bonchev–Trinajstić information content (AvgIpc) is 2.84. The van der Waals surface area contributed by atoms with Crippen molar-refractivity contribution in [2.75, 3.05) is 19.4 Å². The number of nitrogens with zero attached hydrogens (tertiary/aromatic N) is 2. The molecule has 0 amide bonds. The van der Waals surface area contributed by atoms with Crippen LogP contribution in [0.3, 0.4) is 0 Å². The number of rotatable bonds is 5. The Labute approximate surface area is 130 Å². The molecule has 5 nitrogen and oxygen atoms in total. The van der Waals surface area contributed by atoms with Crippen molar-refractivity contribution in [3.05, 3.63) is 39.1 Å². The lowest BCUT2D eigenvalue weighted by molar-refractivity contribution is 0.467. The molecule has 0 aliphatic heterocycles. The summed E-state index contributed by atoms with van der Waals surface area (Å²) in [4.78, 5) is 4.21. The van der Waals surface area contributed by atoms with Crippen LogP contribution in [-0.4, -0.2) is 31.8 Å². The number of aromatic nitrogens is 1. The second-order valence-corrected chi connectivity index (χ2v) is 8.42. The molecule has 0 saturated carbocycles. The second kappa shape index (κ2) is 6.21. The number of nitrogens with one attached hydrogen (secondary N) is 1. The van der Waals surface area contributed by atoms with Gasteiger partial charge in [0.25, 0.3) is 0 Å². The predicted octanol–water partition coefficient (Wildman–Crippen LogP) is 2.77. The topological polar surface area (TPSA) is 62.3 Å². The van der Waals surface area contributed by atoms with Crippen molar-refractivity contribution in [3.63, 3.8) is 0 Å². The van der Waals surface area contributed by atoms with Crippen LogP contribution >= 0.6 is 27.3 Å². The van der Waals surface area contributed by atoms with E-state index in [0.29, 0.717) is 12.4 Å². The van der Waals surface area contributed by atoms with Crippen molar-refractivity contribution in [2.24, 2.45) is 0 Å². The van der Waals surface area contributed by atoms with E-state index in [9.17, 15) is 8.42 Å². The number of anilines is 1. The van der Waals surface area contributed by atoms with Crippen molar-refractivity contribution in [3.8, 4) is 0 Å². The maximum atomic E-state index is 12.6. The van der Waals surface area contributed by atoms with Gasteiger partial charge < -0.3 is 5.32 Å². The van der Waals surface area contributed by atoms with Crippen molar-refractivity contribution >= 4 is 43.1 Å². The molecule has 0 spiro atoms. The van der Waals surface area contributed by atoms with Crippen LogP contribution in [0.4, 0.5) is 5.82 Å². The third-order valence-corrected chi connectivity index (χ3v) is 6.11. The average molecular weight is 376 g/mol. The van der Waals surface area contributed by atoms with Crippen LogP contribution in [0, 0.1) is 0 Å². The lowest BCUT2D eigenvalue weighted by Crippen LogP contribution is -2.27. The van der Waals surface area contributed by atoms with Gasteiger partial charge in [0.2, 0.25) is 10.0 Å². The molecule has 8 heteroatoms. The third kappa shape index (κ3) is 3.20. The third-order valence-electron chi connectivity index (χ3n) is 2.72. The Bertz CT molecular complexity index is 700. The summed E-state index contributed by atoms with van der Waals surface area (Å²) in [6.07, 6.45) is 1.56. The van der Waals surface area contributed by atoms with Gasteiger partial charge in [-0.2, -0.15) is 4.31 Å². The van der Waals surface area contributed by atoms with Gasteiger partial charge in [-0.15, -0.1) is 11.3 Å². The van der Waals surface area contributed by atoms with Crippen molar-refractivity contribution in [1.82, 2.24) is 9.29 Å². The molecule has 0 aromatic carbocycles. The van der Waals surface area contributed by atoms with Gasteiger partial charge >= 0.3 is 0 Å². The zero-order valence-corrected chi connectivity index (χ0v) is 14.2. The fourth-order valence-electron chi connectivity index (χ4n) is 1.73. The van der Waals surface area contributed by atoms with Gasteiger partial charge in [0, 0.05) is 26.8 Å². The summed E-state index contributed by atoms with van der Waals surface area (Å²) in [7, 11) is -0.360. The van der Waals surface area contributed by atoms with Gasteiger partial charge in [0.15, 0.2) is 0 Å². The van der Waals surface area contributed by atoms with E-state index in [1.807, 2.05) is 11.4 Å². The quantitative estimate of drug-likeness (QED) is 0.872. The van der Waals surface area contributed by atoms with Gasteiger partial charge in [0.1, 0.15) is 10.7 Å². The van der Waals surface area contributed by atoms with E-state index in [-0.39, 0.29) is 4.90 Å². The predicted molar refractivity (Wildman–Crippen MR) is 84.5 cm³/mol. The Morgan fingerprint density at radius 3 is 2.85 bits per heavy atom. The van der Waals surface area contributed by atoms with E-state index in [2.05, 4.69) is 26.2 Å². The minimum absolute atomic E-state index is 0.180. The SMILES string of the molecule is CNc1ncccc1S(=O)(=O)N(C)Cc1csc(Br)c1. The van der Waals surface area contributed by atoms with Gasteiger partial charge in [-0.1, -0.05) is 0 Å². The maximum Gasteiger partial charge on any atom is 0.246 e. The molecule has 2 rings (SSSR count). The van der Waals surface area contributed by atoms with Crippen LogP contribution in [0.1, 0.15) is 5.56 Å². The van der Waals surface area contributed by atoms with Gasteiger partial charge in [-0.05, 0) is 45.1 Å². The minimum atomic E-state index is -3.57. The first-order valence-corrected chi connectivity index (χ1v) is 8.88. The Balaban J connectivity index is 2.29. The zero-order valence-electron chi connectivity index (χ0n) is 11.0. The van der Waals surface area contributed by atoms with Gasteiger partial charge in [-0.3, -0.25) is 0 Å². The largest absolute Gasteiger partial charge is 0.372 e. The Hall–Kier alpha value is -0.960. The Morgan fingerprint density at radius 2 is 2.25 bits per heavy atom. The Morgan fingerprint density at radius 1 is 1.50 bits per heavy atom. The molecule has 0 aliphatic carbocycles. The molecule has 0 unspecified atom stereocenters. The highest BCUT2D eigenvalue weighted by Gasteiger charge is 2.24. The molecule has 2 aromatic rings. The van der Waals surface area contributed by atoms with E-state index in [4.69, 9.17) is 0 Å². The van der Waals surface area contributed by atoms with Crippen molar-refractivity contribution in [1.29, 1.82) is 0 Å². The number of hydrogen-bond donors (Lipinski definition) is 1. The molecule has 0 fully saturated rings. The molecule has 108 valence electrons. The van der Waals surface area contributed by atoms with E-state index in [1.165, 1.54) is 15.6 Å². The summed E-state index contributed by atoms with van der Waals surface area (Å²) in [5.41, 5.74) is 0.947. The number of thiophene rings is 1. The summed E-state index contributed by atoms with van der Waals surface area (Å²) < 4.78 is 27.4. The lowest BCUT2D eigenvalue weighted by atomic mass is 10.3. The fraction of sp³-hybridized carbons (Fsp3) is 0.250. The minimum Gasteiger partial charge on any atom is -0.372 e. The van der Waals surface area contributed by atoms with E-state index in [1.54, 1.807) is 32.4 Å². The maximum absolute atomic E-state index is 12.6. The normalized spacial score (nSPS) is 11.8. The zero-order chi connectivity index (χ0) is 14.8. The number of pyridine rings is 1. The van der Waals surface area contributed by atoms with Crippen LogP contribution in [-0.2, 0) is 16.6 Å². The van der Waals surface area contributed by atoms with Crippen LogP contribution < -0.4 is 5.32 Å². The molecule has 0 aliphatic rings. The number of hydrogen-bond acceptors (Lipinski definition) is 5.